The molecule has 0 aromatic carbocycles. The van der Waals surface area contributed by atoms with Gasteiger partial charge in [0.25, 0.3) is 0 Å². The highest BCUT2D eigenvalue weighted by Crippen LogP contribution is 2.14. The Kier molecular flexibility index (Phi) is 7.63. The highest BCUT2D eigenvalue weighted by molar-refractivity contribution is 4.92. The molecule has 0 aliphatic heterocycles. The third kappa shape index (κ3) is 5.17. The number of hydrogen-bond acceptors (Lipinski definition) is 4. The fourth-order valence-corrected chi connectivity index (χ4v) is 1.73. The Morgan fingerprint density at radius 3 is 2.47 bits per heavy atom. The molecule has 0 amide bonds. The largest absolute Gasteiger partial charge is 0.394 e. The van der Waals surface area contributed by atoms with Crippen LogP contribution in [0, 0.1) is 5.92 Å². The Morgan fingerprint density at radius 1 is 1.47 bits per heavy atom. The van der Waals surface area contributed by atoms with Crippen LogP contribution < -0.4 is 11.2 Å². The van der Waals surface area contributed by atoms with E-state index in [2.05, 4.69) is 31.3 Å². The van der Waals surface area contributed by atoms with Crippen LogP contribution in [0.3, 0.4) is 0 Å². The minimum atomic E-state index is -0.427. The molecule has 4 heteroatoms. The maximum absolute atomic E-state index is 9.45. The lowest BCUT2D eigenvalue weighted by Gasteiger charge is -2.40. The zero-order valence-electron chi connectivity index (χ0n) is 11.9. The van der Waals surface area contributed by atoms with Gasteiger partial charge in [-0.1, -0.05) is 19.1 Å². The van der Waals surface area contributed by atoms with Crippen molar-refractivity contribution in [3.8, 4) is 0 Å². The van der Waals surface area contributed by atoms with Crippen molar-refractivity contribution in [1.29, 1.82) is 0 Å². The van der Waals surface area contributed by atoms with Crippen molar-refractivity contribution in [2.45, 2.75) is 45.7 Å². The highest BCUT2D eigenvalue weighted by atomic mass is 16.3. The molecule has 0 heterocycles. The maximum atomic E-state index is 9.45. The van der Waals surface area contributed by atoms with Crippen LogP contribution >= 0.6 is 0 Å². The van der Waals surface area contributed by atoms with Gasteiger partial charge in [-0.2, -0.15) is 0 Å². The number of hydrogen-bond donors (Lipinski definition) is 3. The molecule has 3 atom stereocenters. The quantitative estimate of drug-likeness (QED) is 0.340. The predicted molar refractivity (Wildman–Crippen MR) is 73.5 cm³/mol. The van der Waals surface area contributed by atoms with Gasteiger partial charge in [0.05, 0.1) is 12.1 Å². The van der Waals surface area contributed by atoms with E-state index in [0.717, 1.165) is 13.0 Å². The van der Waals surface area contributed by atoms with Crippen LogP contribution in [0.5, 0.6) is 0 Å². The summed E-state index contributed by atoms with van der Waals surface area (Å²) in [6.45, 7) is 9.22. The molecule has 0 saturated carbocycles. The first-order valence-electron chi connectivity index (χ1n) is 6.34. The van der Waals surface area contributed by atoms with E-state index in [1.54, 1.807) is 12.1 Å². The molecule has 17 heavy (non-hydrogen) atoms. The normalized spacial score (nSPS) is 19.5. The SMILES string of the molecule is CC=CC(C)CCNC(C)C(C)(CO)N(C)N. The van der Waals surface area contributed by atoms with E-state index in [1.165, 1.54) is 0 Å². The number of allylic oxidation sites excluding steroid dienone is 2. The lowest BCUT2D eigenvalue weighted by molar-refractivity contribution is 0.0358. The van der Waals surface area contributed by atoms with Gasteiger partial charge in [-0.15, -0.1) is 0 Å². The number of nitrogens with two attached hydrogens (primary N) is 1. The second-order valence-electron chi connectivity index (χ2n) is 5.09. The monoisotopic (exact) mass is 243 g/mol. The van der Waals surface area contributed by atoms with Gasteiger partial charge in [-0.05, 0) is 39.7 Å². The van der Waals surface area contributed by atoms with E-state index < -0.39 is 5.54 Å². The molecule has 0 spiro atoms. The lowest BCUT2D eigenvalue weighted by atomic mass is 9.93. The number of rotatable bonds is 8. The summed E-state index contributed by atoms with van der Waals surface area (Å²) in [6, 6.07) is 0.139. The van der Waals surface area contributed by atoms with E-state index in [-0.39, 0.29) is 12.6 Å². The van der Waals surface area contributed by atoms with E-state index in [4.69, 9.17) is 5.84 Å². The third-order valence-corrected chi connectivity index (χ3v) is 3.63. The van der Waals surface area contributed by atoms with Gasteiger partial charge in [-0.3, -0.25) is 5.84 Å². The fraction of sp³-hybridized carbons (Fsp3) is 0.846. The summed E-state index contributed by atoms with van der Waals surface area (Å²) in [7, 11) is 1.79. The van der Waals surface area contributed by atoms with E-state index >= 15 is 0 Å². The van der Waals surface area contributed by atoms with Crippen LogP contribution in [0.1, 0.15) is 34.1 Å². The molecular weight excluding hydrogens is 214 g/mol. The van der Waals surface area contributed by atoms with E-state index in [1.807, 2.05) is 13.8 Å². The van der Waals surface area contributed by atoms with Crippen LogP contribution in [0.4, 0.5) is 0 Å². The Labute approximate surface area is 106 Å². The molecule has 0 aliphatic rings. The summed E-state index contributed by atoms with van der Waals surface area (Å²) in [6.07, 6.45) is 5.37. The molecule has 0 aromatic heterocycles. The smallest absolute Gasteiger partial charge is 0.0700 e. The first-order valence-corrected chi connectivity index (χ1v) is 6.34. The van der Waals surface area contributed by atoms with Gasteiger partial charge in [-0.25, -0.2) is 5.01 Å². The molecule has 4 nitrogen and oxygen atoms in total. The average molecular weight is 243 g/mol. The van der Waals surface area contributed by atoms with Crippen LogP contribution in [-0.4, -0.2) is 41.9 Å². The average Bonchev–Trinajstić information content (AvgIpc) is 2.27. The highest BCUT2D eigenvalue weighted by Gasteiger charge is 2.33. The van der Waals surface area contributed by atoms with Crippen LogP contribution in [0.2, 0.25) is 0 Å². The van der Waals surface area contributed by atoms with Crippen molar-refractivity contribution in [3.05, 3.63) is 12.2 Å². The molecule has 0 aliphatic carbocycles. The minimum Gasteiger partial charge on any atom is -0.394 e. The first kappa shape index (κ1) is 16.6. The Morgan fingerprint density at radius 2 is 2.06 bits per heavy atom. The summed E-state index contributed by atoms with van der Waals surface area (Å²) >= 11 is 0. The molecule has 0 bridgehead atoms. The molecule has 0 aromatic rings. The van der Waals surface area contributed by atoms with Crippen LogP contribution in [-0.2, 0) is 0 Å². The van der Waals surface area contributed by atoms with Gasteiger partial charge in [0, 0.05) is 13.1 Å². The molecule has 0 rings (SSSR count). The molecule has 102 valence electrons. The van der Waals surface area contributed by atoms with E-state index in [0.29, 0.717) is 5.92 Å². The Bertz CT molecular complexity index is 231. The second kappa shape index (κ2) is 7.82. The number of aliphatic hydroxyl groups is 1. The van der Waals surface area contributed by atoms with Gasteiger partial charge < -0.3 is 10.4 Å². The summed E-state index contributed by atoms with van der Waals surface area (Å²) in [5, 5.41) is 14.5. The summed E-state index contributed by atoms with van der Waals surface area (Å²) in [4.78, 5) is 0. The number of nitrogens with zero attached hydrogens (tertiary/aromatic N) is 1. The van der Waals surface area contributed by atoms with Crippen LogP contribution in [0.25, 0.3) is 0 Å². The first-order chi connectivity index (χ1) is 7.88. The number of aliphatic hydroxyl groups excluding tert-OH is 1. The van der Waals surface area contributed by atoms with Crippen molar-refractivity contribution in [2.24, 2.45) is 11.8 Å². The number of hydrazine groups is 1. The standard InChI is InChI=1S/C13H29N3O/c1-6-7-11(2)8-9-15-12(3)13(4,10-17)16(5)14/h6-7,11-12,15,17H,8-10,14H2,1-5H3. The Balaban J connectivity index is 4.12. The van der Waals surface area contributed by atoms with Gasteiger partial charge in [0.1, 0.15) is 0 Å². The zero-order chi connectivity index (χ0) is 13.5. The minimum absolute atomic E-state index is 0.0403. The molecule has 3 unspecified atom stereocenters. The zero-order valence-corrected chi connectivity index (χ0v) is 11.9. The van der Waals surface area contributed by atoms with Gasteiger partial charge in [0.2, 0.25) is 0 Å². The lowest BCUT2D eigenvalue weighted by Crippen LogP contribution is -2.62. The molecular formula is C13H29N3O. The van der Waals surface area contributed by atoms with Crippen molar-refractivity contribution < 1.29 is 5.11 Å². The van der Waals surface area contributed by atoms with Crippen LogP contribution in [0.15, 0.2) is 12.2 Å². The van der Waals surface area contributed by atoms with E-state index in [9.17, 15) is 5.11 Å². The predicted octanol–water partition coefficient (Wildman–Crippen LogP) is 1.12. The van der Waals surface area contributed by atoms with Gasteiger partial charge in [0.15, 0.2) is 0 Å². The number of nitrogens with one attached hydrogen (secondary N) is 1. The molecule has 0 radical (unpaired) electrons. The fourth-order valence-electron chi connectivity index (χ4n) is 1.73. The third-order valence-electron chi connectivity index (χ3n) is 3.63. The topological polar surface area (TPSA) is 61.5 Å². The Hall–Kier alpha value is -0.420. The van der Waals surface area contributed by atoms with Crippen molar-refractivity contribution in [2.75, 3.05) is 20.2 Å². The molecule has 4 N–H and O–H groups in total. The van der Waals surface area contributed by atoms with Gasteiger partial charge >= 0.3 is 0 Å². The summed E-state index contributed by atoms with van der Waals surface area (Å²) in [5.74, 6) is 6.36. The van der Waals surface area contributed by atoms with Crippen molar-refractivity contribution in [1.82, 2.24) is 10.3 Å². The maximum Gasteiger partial charge on any atom is 0.0700 e. The molecule has 0 fully saturated rings. The summed E-state index contributed by atoms with van der Waals surface area (Å²) < 4.78 is 0. The summed E-state index contributed by atoms with van der Waals surface area (Å²) in [5.41, 5.74) is -0.427. The second-order valence-corrected chi connectivity index (χ2v) is 5.09. The van der Waals surface area contributed by atoms with Crippen molar-refractivity contribution in [3.63, 3.8) is 0 Å². The van der Waals surface area contributed by atoms with Crippen molar-refractivity contribution >= 4 is 0 Å². The number of likely N-dealkylation sites (N-methyl/N-ethyl adjacent to an activating group) is 1. The molecule has 0 saturated heterocycles.